The first-order chi connectivity index (χ1) is 6.72. The van der Waals surface area contributed by atoms with Crippen molar-refractivity contribution in [2.24, 2.45) is 0 Å². The molecule has 0 unspecified atom stereocenters. The van der Waals surface area contributed by atoms with Crippen molar-refractivity contribution in [2.45, 2.75) is 26.4 Å². The zero-order valence-corrected chi connectivity index (χ0v) is 8.95. The number of likely N-dealkylation sites (N-methyl/N-ethyl adjacent to an activating group) is 1. The Morgan fingerprint density at radius 3 is 2.50 bits per heavy atom. The van der Waals surface area contributed by atoms with Crippen LogP contribution in [0.15, 0.2) is 12.4 Å². The maximum atomic E-state index is 5.34. The fourth-order valence-corrected chi connectivity index (χ4v) is 1.01. The summed E-state index contributed by atoms with van der Waals surface area (Å²) in [6, 6.07) is 0.452. The van der Waals surface area contributed by atoms with Crippen LogP contribution < -0.4 is 10.1 Å². The van der Waals surface area contributed by atoms with E-state index < -0.39 is 0 Å². The lowest BCUT2D eigenvalue weighted by Gasteiger charge is -2.07. The summed E-state index contributed by atoms with van der Waals surface area (Å²) in [7, 11) is 1.93. The first kappa shape index (κ1) is 10.9. The minimum atomic E-state index is 0.123. The molecule has 0 fully saturated rings. The SMILES string of the molecule is CNCCc1cnc(OC(C)C)nc1. The monoisotopic (exact) mass is 195 g/mol. The molecular weight excluding hydrogens is 178 g/mol. The quantitative estimate of drug-likeness (QED) is 0.762. The minimum Gasteiger partial charge on any atom is -0.461 e. The van der Waals surface area contributed by atoms with E-state index in [1.54, 1.807) is 0 Å². The fourth-order valence-electron chi connectivity index (χ4n) is 1.01. The normalized spacial score (nSPS) is 10.6. The van der Waals surface area contributed by atoms with E-state index in [2.05, 4.69) is 15.3 Å². The van der Waals surface area contributed by atoms with Crippen molar-refractivity contribution in [3.63, 3.8) is 0 Å². The lowest BCUT2D eigenvalue weighted by molar-refractivity contribution is 0.222. The third kappa shape index (κ3) is 3.70. The van der Waals surface area contributed by atoms with Crippen molar-refractivity contribution in [2.75, 3.05) is 13.6 Å². The molecule has 1 N–H and O–H groups in total. The van der Waals surface area contributed by atoms with E-state index in [0.29, 0.717) is 6.01 Å². The Morgan fingerprint density at radius 1 is 1.36 bits per heavy atom. The molecule has 0 aromatic carbocycles. The van der Waals surface area contributed by atoms with Gasteiger partial charge < -0.3 is 10.1 Å². The fraction of sp³-hybridized carbons (Fsp3) is 0.600. The summed E-state index contributed by atoms with van der Waals surface area (Å²) in [4.78, 5) is 8.22. The van der Waals surface area contributed by atoms with Crippen LogP contribution in [0.25, 0.3) is 0 Å². The first-order valence-corrected chi connectivity index (χ1v) is 4.84. The van der Waals surface area contributed by atoms with Crippen molar-refractivity contribution in [3.8, 4) is 6.01 Å². The topological polar surface area (TPSA) is 47.0 Å². The Balaban J connectivity index is 2.50. The van der Waals surface area contributed by atoms with E-state index in [9.17, 15) is 0 Å². The molecule has 0 amide bonds. The van der Waals surface area contributed by atoms with Crippen molar-refractivity contribution in [3.05, 3.63) is 18.0 Å². The molecule has 0 aliphatic heterocycles. The van der Waals surface area contributed by atoms with Gasteiger partial charge in [-0.1, -0.05) is 0 Å². The number of ether oxygens (including phenoxy) is 1. The Bertz CT molecular complexity index is 259. The van der Waals surface area contributed by atoms with Crippen molar-refractivity contribution < 1.29 is 4.74 Å². The number of hydrogen-bond acceptors (Lipinski definition) is 4. The van der Waals surface area contributed by atoms with Crippen molar-refractivity contribution in [1.82, 2.24) is 15.3 Å². The molecule has 0 bridgehead atoms. The molecule has 0 atom stereocenters. The Morgan fingerprint density at radius 2 is 2.00 bits per heavy atom. The largest absolute Gasteiger partial charge is 0.461 e. The molecule has 0 aliphatic carbocycles. The van der Waals surface area contributed by atoms with Gasteiger partial charge in [-0.15, -0.1) is 0 Å². The van der Waals surface area contributed by atoms with E-state index in [0.717, 1.165) is 18.5 Å². The van der Waals surface area contributed by atoms with Gasteiger partial charge in [-0.3, -0.25) is 0 Å². The van der Waals surface area contributed by atoms with Crippen LogP contribution >= 0.6 is 0 Å². The summed E-state index contributed by atoms with van der Waals surface area (Å²) < 4.78 is 5.34. The van der Waals surface area contributed by atoms with E-state index in [1.165, 1.54) is 0 Å². The highest BCUT2D eigenvalue weighted by molar-refractivity contribution is 5.07. The number of aromatic nitrogens is 2. The second-order valence-electron chi connectivity index (χ2n) is 3.39. The summed E-state index contributed by atoms with van der Waals surface area (Å²) in [5, 5.41) is 3.08. The zero-order chi connectivity index (χ0) is 10.4. The molecule has 1 rings (SSSR count). The molecule has 14 heavy (non-hydrogen) atoms. The molecule has 0 radical (unpaired) electrons. The maximum absolute atomic E-state index is 5.34. The van der Waals surface area contributed by atoms with Gasteiger partial charge >= 0.3 is 6.01 Å². The summed E-state index contributed by atoms with van der Waals surface area (Å²) >= 11 is 0. The summed E-state index contributed by atoms with van der Waals surface area (Å²) in [5.74, 6) is 0. The van der Waals surface area contributed by atoms with Crippen molar-refractivity contribution >= 4 is 0 Å². The lowest BCUT2D eigenvalue weighted by Crippen LogP contribution is -2.11. The number of hydrogen-bond donors (Lipinski definition) is 1. The van der Waals surface area contributed by atoms with E-state index in [-0.39, 0.29) is 6.10 Å². The predicted octanol–water partition coefficient (Wildman–Crippen LogP) is 1.03. The highest BCUT2D eigenvalue weighted by Gasteiger charge is 2.00. The van der Waals surface area contributed by atoms with Crippen LogP contribution in [-0.4, -0.2) is 29.7 Å². The second kappa shape index (κ2) is 5.54. The Labute approximate surface area is 84.7 Å². The molecule has 0 spiro atoms. The maximum Gasteiger partial charge on any atom is 0.316 e. The van der Waals surface area contributed by atoms with Crippen LogP contribution in [0.1, 0.15) is 19.4 Å². The molecule has 4 heteroatoms. The molecule has 4 nitrogen and oxygen atoms in total. The smallest absolute Gasteiger partial charge is 0.316 e. The van der Waals surface area contributed by atoms with Crippen LogP contribution in [0.2, 0.25) is 0 Å². The molecule has 1 aromatic heterocycles. The van der Waals surface area contributed by atoms with Gasteiger partial charge in [-0.2, -0.15) is 0 Å². The van der Waals surface area contributed by atoms with Crippen molar-refractivity contribution in [1.29, 1.82) is 0 Å². The Kier molecular flexibility index (Phi) is 4.32. The summed E-state index contributed by atoms with van der Waals surface area (Å²) in [5.41, 5.74) is 1.12. The van der Waals surface area contributed by atoms with Gasteiger partial charge in [0.2, 0.25) is 0 Å². The van der Waals surface area contributed by atoms with Crippen LogP contribution in [-0.2, 0) is 6.42 Å². The number of nitrogens with zero attached hydrogens (tertiary/aromatic N) is 2. The van der Waals surface area contributed by atoms with Gasteiger partial charge in [0.1, 0.15) is 0 Å². The minimum absolute atomic E-state index is 0.123. The van der Waals surface area contributed by atoms with Crippen LogP contribution in [0.4, 0.5) is 0 Å². The van der Waals surface area contributed by atoms with Crippen LogP contribution in [0.5, 0.6) is 6.01 Å². The van der Waals surface area contributed by atoms with Gasteiger partial charge in [0.25, 0.3) is 0 Å². The molecule has 0 saturated carbocycles. The van der Waals surface area contributed by atoms with Gasteiger partial charge in [0.05, 0.1) is 6.10 Å². The molecule has 1 heterocycles. The molecular formula is C10H17N3O. The number of rotatable bonds is 5. The molecule has 0 saturated heterocycles. The highest BCUT2D eigenvalue weighted by atomic mass is 16.5. The molecule has 0 aliphatic rings. The molecule has 78 valence electrons. The van der Waals surface area contributed by atoms with E-state index in [4.69, 9.17) is 4.74 Å². The Hall–Kier alpha value is -1.16. The van der Waals surface area contributed by atoms with Gasteiger partial charge in [0.15, 0.2) is 0 Å². The van der Waals surface area contributed by atoms with Gasteiger partial charge in [-0.25, -0.2) is 9.97 Å². The third-order valence-electron chi connectivity index (χ3n) is 1.69. The van der Waals surface area contributed by atoms with Crippen LogP contribution in [0.3, 0.4) is 0 Å². The van der Waals surface area contributed by atoms with E-state index >= 15 is 0 Å². The zero-order valence-electron chi connectivity index (χ0n) is 8.95. The average Bonchev–Trinajstić information content (AvgIpc) is 2.16. The standard InChI is InChI=1S/C10H17N3O/c1-8(2)14-10-12-6-9(7-13-10)4-5-11-3/h6-8,11H,4-5H2,1-3H3. The first-order valence-electron chi connectivity index (χ1n) is 4.84. The summed E-state index contributed by atoms with van der Waals surface area (Å²) in [6.07, 6.45) is 4.68. The summed E-state index contributed by atoms with van der Waals surface area (Å²) in [6.45, 7) is 4.85. The molecule has 1 aromatic rings. The lowest BCUT2D eigenvalue weighted by atomic mass is 10.2. The van der Waals surface area contributed by atoms with E-state index in [1.807, 2.05) is 33.3 Å². The van der Waals surface area contributed by atoms with Gasteiger partial charge in [0, 0.05) is 12.4 Å². The van der Waals surface area contributed by atoms with Crippen LogP contribution in [0, 0.1) is 0 Å². The average molecular weight is 195 g/mol. The predicted molar refractivity (Wildman–Crippen MR) is 55.4 cm³/mol. The second-order valence-corrected chi connectivity index (χ2v) is 3.39. The number of nitrogens with one attached hydrogen (secondary N) is 1. The van der Waals surface area contributed by atoms with Gasteiger partial charge in [-0.05, 0) is 39.4 Å². The highest BCUT2D eigenvalue weighted by Crippen LogP contribution is 2.04. The third-order valence-corrected chi connectivity index (χ3v) is 1.69.